The molecule has 0 rings (SSSR count). The maximum Gasteiger partial charge on any atom is -0.0422 e. The van der Waals surface area contributed by atoms with E-state index < -0.39 is 0 Å². The maximum atomic E-state index is 3.36. The SMILES string of the molecule is C=CC.CCC(CC)CC. The highest BCUT2D eigenvalue weighted by atomic mass is 14.0. The zero-order valence-corrected chi connectivity index (χ0v) is 7.98. The summed E-state index contributed by atoms with van der Waals surface area (Å²) in [6, 6.07) is 0. The van der Waals surface area contributed by atoms with Crippen LogP contribution in [0.5, 0.6) is 0 Å². The highest BCUT2D eigenvalue weighted by Crippen LogP contribution is 2.09. The Morgan fingerprint density at radius 2 is 1.30 bits per heavy atom. The first-order valence-corrected chi connectivity index (χ1v) is 4.33. The van der Waals surface area contributed by atoms with Crippen molar-refractivity contribution in [3.05, 3.63) is 12.7 Å². The van der Waals surface area contributed by atoms with Gasteiger partial charge in [-0.2, -0.15) is 0 Å². The summed E-state index contributed by atoms with van der Waals surface area (Å²) in [4.78, 5) is 0. The van der Waals surface area contributed by atoms with Crippen LogP contribution in [-0.2, 0) is 0 Å². The van der Waals surface area contributed by atoms with Crippen LogP contribution >= 0.6 is 0 Å². The van der Waals surface area contributed by atoms with Crippen molar-refractivity contribution in [3.8, 4) is 0 Å². The van der Waals surface area contributed by atoms with Crippen LogP contribution in [0, 0.1) is 5.92 Å². The molecule has 0 amide bonds. The third kappa shape index (κ3) is 10.7. The van der Waals surface area contributed by atoms with E-state index in [2.05, 4.69) is 27.4 Å². The Bertz CT molecular complexity index is 45.5. The fourth-order valence-corrected chi connectivity index (χ4v) is 0.866. The molecule has 0 saturated heterocycles. The Kier molecular flexibility index (Phi) is 14.3. The largest absolute Gasteiger partial charge is 0.103 e. The minimum absolute atomic E-state index is 0.986. The summed E-state index contributed by atoms with van der Waals surface area (Å²) < 4.78 is 0. The summed E-state index contributed by atoms with van der Waals surface area (Å²) >= 11 is 0. The van der Waals surface area contributed by atoms with Crippen molar-refractivity contribution in [1.29, 1.82) is 0 Å². The summed E-state index contributed by atoms with van der Waals surface area (Å²) in [7, 11) is 0. The minimum Gasteiger partial charge on any atom is -0.103 e. The zero-order chi connectivity index (χ0) is 8.41. The maximum absolute atomic E-state index is 3.36. The first kappa shape index (κ1) is 12.4. The fourth-order valence-electron chi connectivity index (χ4n) is 0.866. The summed E-state index contributed by atoms with van der Waals surface area (Å²) in [6.45, 7) is 12.0. The molecular formula is C10H22. The summed E-state index contributed by atoms with van der Waals surface area (Å²) in [5, 5.41) is 0. The van der Waals surface area contributed by atoms with E-state index in [0.717, 1.165) is 5.92 Å². The topological polar surface area (TPSA) is 0 Å². The van der Waals surface area contributed by atoms with Crippen molar-refractivity contribution in [2.24, 2.45) is 5.92 Å². The molecule has 0 nitrogen and oxygen atoms in total. The van der Waals surface area contributed by atoms with Crippen LogP contribution in [0.3, 0.4) is 0 Å². The quantitative estimate of drug-likeness (QED) is 0.522. The van der Waals surface area contributed by atoms with Gasteiger partial charge in [-0.3, -0.25) is 0 Å². The van der Waals surface area contributed by atoms with Crippen LogP contribution in [0.2, 0.25) is 0 Å². The molecule has 0 unspecified atom stereocenters. The molecule has 10 heavy (non-hydrogen) atoms. The molecular weight excluding hydrogens is 120 g/mol. The van der Waals surface area contributed by atoms with Gasteiger partial charge in [0.05, 0.1) is 0 Å². The van der Waals surface area contributed by atoms with Gasteiger partial charge in [-0.25, -0.2) is 0 Å². The van der Waals surface area contributed by atoms with E-state index in [1.807, 2.05) is 6.92 Å². The molecule has 0 aromatic carbocycles. The highest BCUT2D eigenvalue weighted by Gasteiger charge is 1.95. The molecule has 62 valence electrons. The molecule has 0 atom stereocenters. The lowest BCUT2D eigenvalue weighted by molar-refractivity contribution is 0.477. The third-order valence-electron chi connectivity index (χ3n) is 1.73. The van der Waals surface area contributed by atoms with Gasteiger partial charge < -0.3 is 0 Å². The number of hydrogen-bond donors (Lipinski definition) is 0. The first-order chi connectivity index (χ1) is 4.76. The summed E-state index contributed by atoms with van der Waals surface area (Å²) in [5.41, 5.74) is 0. The van der Waals surface area contributed by atoms with Crippen LogP contribution < -0.4 is 0 Å². The van der Waals surface area contributed by atoms with Gasteiger partial charge in [0.2, 0.25) is 0 Å². The average molecular weight is 142 g/mol. The Morgan fingerprint density at radius 1 is 1.10 bits per heavy atom. The Balaban J connectivity index is 0. The average Bonchev–Trinajstić information content (AvgIpc) is 1.93. The molecule has 0 spiro atoms. The van der Waals surface area contributed by atoms with Crippen LogP contribution in [-0.4, -0.2) is 0 Å². The van der Waals surface area contributed by atoms with Gasteiger partial charge in [-0.1, -0.05) is 46.1 Å². The smallest absolute Gasteiger partial charge is 0.0422 e. The Labute approximate surface area is 66.3 Å². The van der Waals surface area contributed by atoms with Gasteiger partial charge in [-0.05, 0) is 12.8 Å². The molecule has 0 heterocycles. The third-order valence-corrected chi connectivity index (χ3v) is 1.73. The predicted octanol–water partition coefficient (Wildman–Crippen LogP) is 4.02. The van der Waals surface area contributed by atoms with Crippen molar-refractivity contribution < 1.29 is 0 Å². The lowest BCUT2D eigenvalue weighted by Crippen LogP contribution is -1.91. The van der Waals surface area contributed by atoms with Gasteiger partial charge in [-0.15, -0.1) is 6.58 Å². The van der Waals surface area contributed by atoms with Crippen molar-refractivity contribution in [2.75, 3.05) is 0 Å². The second-order valence-corrected chi connectivity index (χ2v) is 2.50. The van der Waals surface area contributed by atoms with Gasteiger partial charge in [0.25, 0.3) is 0 Å². The molecule has 0 fully saturated rings. The van der Waals surface area contributed by atoms with Crippen molar-refractivity contribution in [1.82, 2.24) is 0 Å². The molecule has 0 radical (unpaired) electrons. The first-order valence-electron chi connectivity index (χ1n) is 4.33. The van der Waals surface area contributed by atoms with Crippen LogP contribution in [0.15, 0.2) is 12.7 Å². The second kappa shape index (κ2) is 11.5. The van der Waals surface area contributed by atoms with Gasteiger partial charge in [0.1, 0.15) is 0 Å². The van der Waals surface area contributed by atoms with Gasteiger partial charge in [0, 0.05) is 0 Å². The van der Waals surface area contributed by atoms with E-state index in [9.17, 15) is 0 Å². The Hall–Kier alpha value is -0.260. The van der Waals surface area contributed by atoms with Crippen molar-refractivity contribution >= 4 is 0 Å². The highest BCUT2D eigenvalue weighted by molar-refractivity contribution is 4.51. The van der Waals surface area contributed by atoms with Crippen LogP contribution in [0.1, 0.15) is 47.0 Å². The monoisotopic (exact) mass is 142 g/mol. The van der Waals surface area contributed by atoms with E-state index in [4.69, 9.17) is 0 Å². The summed E-state index contributed by atoms with van der Waals surface area (Å²) in [5.74, 6) is 0.986. The van der Waals surface area contributed by atoms with E-state index in [0.29, 0.717) is 0 Å². The molecule has 0 aliphatic carbocycles. The van der Waals surface area contributed by atoms with Crippen molar-refractivity contribution in [3.63, 3.8) is 0 Å². The normalized spacial score (nSPS) is 8.50. The predicted molar refractivity (Wildman–Crippen MR) is 50.2 cm³/mol. The molecule has 0 aliphatic rings. The number of allylic oxidation sites excluding steroid dienone is 1. The van der Waals surface area contributed by atoms with E-state index in [1.165, 1.54) is 19.3 Å². The van der Waals surface area contributed by atoms with E-state index in [-0.39, 0.29) is 0 Å². The Morgan fingerprint density at radius 3 is 1.30 bits per heavy atom. The molecule has 0 aliphatic heterocycles. The van der Waals surface area contributed by atoms with Crippen molar-refractivity contribution in [2.45, 2.75) is 47.0 Å². The molecule has 0 aromatic rings. The molecule has 0 heteroatoms. The van der Waals surface area contributed by atoms with Crippen LogP contribution in [0.4, 0.5) is 0 Å². The zero-order valence-electron chi connectivity index (χ0n) is 7.98. The minimum atomic E-state index is 0.986. The number of rotatable bonds is 3. The van der Waals surface area contributed by atoms with Crippen LogP contribution in [0.25, 0.3) is 0 Å². The second-order valence-electron chi connectivity index (χ2n) is 2.50. The molecule has 0 bridgehead atoms. The lowest BCUT2D eigenvalue weighted by atomic mass is 10.0. The summed E-state index contributed by atoms with van der Waals surface area (Å²) in [6.07, 6.45) is 5.81. The molecule has 0 N–H and O–H groups in total. The van der Waals surface area contributed by atoms with E-state index in [1.54, 1.807) is 6.08 Å². The van der Waals surface area contributed by atoms with Gasteiger partial charge >= 0.3 is 0 Å². The molecule has 0 saturated carbocycles. The molecule has 0 aromatic heterocycles. The lowest BCUT2D eigenvalue weighted by Gasteiger charge is -2.05. The number of hydrogen-bond acceptors (Lipinski definition) is 0. The van der Waals surface area contributed by atoms with Gasteiger partial charge in [0.15, 0.2) is 0 Å². The fraction of sp³-hybridized carbons (Fsp3) is 0.800. The standard InChI is InChI=1S/C7H16.C3H6/c1-4-7(5-2)6-3;1-3-2/h7H,4-6H2,1-3H3;3H,1H2,2H3. The van der Waals surface area contributed by atoms with E-state index >= 15 is 0 Å².